The van der Waals surface area contributed by atoms with Gasteiger partial charge in [-0.2, -0.15) is 0 Å². The van der Waals surface area contributed by atoms with Gasteiger partial charge in [0, 0.05) is 31.4 Å². The van der Waals surface area contributed by atoms with Crippen LogP contribution in [0.25, 0.3) is 0 Å². The molecular formula is C19H25N5O2S. The topological polar surface area (TPSA) is 80.1 Å². The van der Waals surface area contributed by atoms with Gasteiger partial charge in [0.25, 0.3) is 5.91 Å². The van der Waals surface area contributed by atoms with E-state index in [4.69, 9.17) is 0 Å². The minimum absolute atomic E-state index is 0.00598. The van der Waals surface area contributed by atoms with E-state index in [0.717, 1.165) is 12.8 Å². The van der Waals surface area contributed by atoms with Crippen LogP contribution in [0.3, 0.4) is 0 Å². The number of hydrogen-bond donors (Lipinski definition) is 1. The van der Waals surface area contributed by atoms with Gasteiger partial charge < -0.3 is 14.8 Å². The second-order valence-electron chi connectivity index (χ2n) is 6.85. The fourth-order valence-electron chi connectivity index (χ4n) is 3.30. The first kappa shape index (κ1) is 19.4. The van der Waals surface area contributed by atoms with Gasteiger partial charge in [0.05, 0.1) is 5.75 Å². The van der Waals surface area contributed by atoms with Crippen LogP contribution >= 0.6 is 11.8 Å². The zero-order valence-corrected chi connectivity index (χ0v) is 16.5. The highest BCUT2D eigenvalue weighted by Crippen LogP contribution is 2.23. The molecule has 1 fully saturated rings. The number of carbonyl (C=O) groups is 2. The van der Waals surface area contributed by atoms with Crippen molar-refractivity contribution >= 4 is 29.3 Å². The minimum Gasteiger partial charge on any atom is -0.339 e. The van der Waals surface area contributed by atoms with Crippen LogP contribution in [0.5, 0.6) is 0 Å². The normalized spacial score (nSPS) is 14.7. The Balaban J connectivity index is 1.58. The molecule has 144 valence electrons. The molecule has 2 aromatic rings. The summed E-state index contributed by atoms with van der Waals surface area (Å²) < 4.78 is 1.76. The Morgan fingerprint density at radius 2 is 2.07 bits per heavy atom. The maximum Gasteiger partial charge on any atom is 0.253 e. The fourth-order valence-corrected chi connectivity index (χ4v) is 3.99. The van der Waals surface area contributed by atoms with E-state index in [1.807, 2.05) is 19.0 Å². The van der Waals surface area contributed by atoms with E-state index in [2.05, 4.69) is 15.5 Å². The fraction of sp³-hybridized carbons (Fsp3) is 0.474. The van der Waals surface area contributed by atoms with Crippen molar-refractivity contribution in [1.29, 1.82) is 0 Å². The van der Waals surface area contributed by atoms with Crippen molar-refractivity contribution in [2.75, 3.05) is 18.1 Å². The van der Waals surface area contributed by atoms with Gasteiger partial charge in [0.2, 0.25) is 5.91 Å². The van der Waals surface area contributed by atoms with Crippen LogP contribution in [-0.4, -0.2) is 50.3 Å². The first-order valence-corrected chi connectivity index (χ1v) is 10.2. The van der Waals surface area contributed by atoms with E-state index in [1.54, 1.807) is 35.2 Å². The largest absolute Gasteiger partial charge is 0.339 e. The van der Waals surface area contributed by atoms with Gasteiger partial charge >= 0.3 is 0 Å². The number of hydrogen-bond acceptors (Lipinski definition) is 5. The van der Waals surface area contributed by atoms with Crippen molar-refractivity contribution in [3.05, 3.63) is 36.2 Å². The molecule has 0 aliphatic heterocycles. The molecule has 2 amide bonds. The van der Waals surface area contributed by atoms with E-state index < -0.39 is 0 Å². The van der Waals surface area contributed by atoms with Gasteiger partial charge in [-0.25, -0.2) is 0 Å². The van der Waals surface area contributed by atoms with Gasteiger partial charge in [-0.15, -0.1) is 10.2 Å². The van der Waals surface area contributed by atoms with Crippen molar-refractivity contribution < 1.29 is 9.59 Å². The second kappa shape index (κ2) is 9.03. The molecule has 1 aromatic carbocycles. The van der Waals surface area contributed by atoms with Crippen LogP contribution in [0.4, 0.5) is 5.69 Å². The number of carbonyl (C=O) groups excluding carboxylic acids is 2. The lowest BCUT2D eigenvalue weighted by atomic mass is 9.94. The lowest BCUT2D eigenvalue weighted by Crippen LogP contribution is -2.38. The van der Waals surface area contributed by atoms with Crippen molar-refractivity contribution in [3.63, 3.8) is 0 Å². The molecule has 7 nitrogen and oxygen atoms in total. The van der Waals surface area contributed by atoms with Crippen LogP contribution in [0.15, 0.2) is 35.7 Å². The SMILES string of the molecule is CN(C(=O)c1cccc(NC(=O)CSc2nncn2C)c1)C1CCCCC1. The molecule has 1 aliphatic carbocycles. The highest BCUT2D eigenvalue weighted by molar-refractivity contribution is 7.99. The van der Waals surface area contributed by atoms with Gasteiger partial charge in [0.1, 0.15) is 6.33 Å². The van der Waals surface area contributed by atoms with Crippen LogP contribution in [0.2, 0.25) is 0 Å². The Morgan fingerprint density at radius 1 is 1.30 bits per heavy atom. The Hall–Kier alpha value is -2.35. The summed E-state index contributed by atoms with van der Waals surface area (Å²) >= 11 is 1.32. The Morgan fingerprint density at radius 3 is 2.78 bits per heavy atom. The third-order valence-electron chi connectivity index (χ3n) is 4.84. The lowest BCUT2D eigenvalue weighted by Gasteiger charge is -2.31. The van der Waals surface area contributed by atoms with Crippen molar-refractivity contribution in [2.24, 2.45) is 7.05 Å². The van der Waals surface area contributed by atoms with Gasteiger partial charge in [-0.3, -0.25) is 9.59 Å². The molecule has 0 bridgehead atoms. The molecule has 0 radical (unpaired) electrons. The molecule has 1 N–H and O–H groups in total. The summed E-state index contributed by atoms with van der Waals surface area (Å²) in [5, 5.41) is 11.3. The number of aromatic nitrogens is 3. The predicted octanol–water partition coefficient (Wildman–Crippen LogP) is 2.95. The first-order valence-electron chi connectivity index (χ1n) is 9.18. The van der Waals surface area contributed by atoms with Crippen molar-refractivity contribution in [1.82, 2.24) is 19.7 Å². The van der Waals surface area contributed by atoms with E-state index in [1.165, 1.54) is 31.0 Å². The number of nitrogens with one attached hydrogen (secondary N) is 1. The summed E-state index contributed by atoms with van der Waals surface area (Å²) in [5.74, 6) is 0.0897. The molecule has 8 heteroatoms. The third-order valence-corrected chi connectivity index (χ3v) is 5.87. The Kier molecular flexibility index (Phi) is 6.49. The van der Waals surface area contributed by atoms with E-state index in [-0.39, 0.29) is 17.6 Å². The van der Waals surface area contributed by atoms with Gasteiger partial charge in [-0.05, 0) is 31.0 Å². The molecule has 0 spiro atoms. The van der Waals surface area contributed by atoms with Crippen molar-refractivity contribution in [2.45, 2.75) is 43.3 Å². The van der Waals surface area contributed by atoms with Crippen LogP contribution in [-0.2, 0) is 11.8 Å². The maximum atomic E-state index is 12.8. The lowest BCUT2D eigenvalue weighted by molar-refractivity contribution is -0.113. The quantitative estimate of drug-likeness (QED) is 0.771. The van der Waals surface area contributed by atoms with Crippen LogP contribution in [0.1, 0.15) is 42.5 Å². The summed E-state index contributed by atoms with van der Waals surface area (Å²) in [4.78, 5) is 26.8. The zero-order chi connectivity index (χ0) is 19.2. The Labute approximate surface area is 163 Å². The number of benzene rings is 1. The maximum absolute atomic E-state index is 12.8. The van der Waals surface area contributed by atoms with E-state index in [0.29, 0.717) is 22.4 Å². The molecule has 1 aromatic heterocycles. The van der Waals surface area contributed by atoms with E-state index in [9.17, 15) is 9.59 Å². The number of amides is 2. The minimum atomic E-state index is -0.145. The van der Waals surface area contributed by atoms with Crippen LogP contribution < -0.4 is 5.32 Å². The summed E-state index contributed by atoms with van der Waals surface area (Å²) in [6, 6.07) is 7.45. The summed E-state index contributed by atoms with van der Waals surface area (Å²) in [7, 11) is 3.71. The molecule has 1 heterocycles. The highest BCUT2D eigenvalue weighted by Gasteiger charge is 2.23. The number of anilines is 1. The third kappa shape index (κ3) is 5.09. The van der Waals surface area contributed by atoms with Crippen molar-refractivity contribution in [3.8, 4) is 0 Å². The van der Waals surface area contributed by atoms with Gasteiger partial charge in [0.15, 0.2) is 5.16 Å². The average Bonchev–Trinajstić information content (AvgIpc) is 3.11. The summed E-state index contributed by atoms with van der Waals surface area (Å²) in [6.07, 6.45) is 7.35. The molecule has 0 unspecified atom stereocenters. The number of aryl methyl sites for hydroxylation is 1. The highest BCUT2D eigenvalue weighted by atomic mass is 32.2. The number of thioether (sulfide) groups is 1. The standard InChI is InChI=1S/C19H25N5O2S/c1-23-13-20-22-19(23)27-12-17(25)21-15-8-6-7-14(11-15)18(26)24(2)16-9-4-3-5-10-16/h6-8,11,13,16H,3-5,9-10,12H2,1-2H3,(H,21,25). The predicted molar refractivity (Wildman–Crippen MR) is 106 cm³/mol. The molecular weight excluding hydrogens is 362 g/mol. The monoisotopic (exact) mass is 387 g/mol. The number of rotatable bonds is 6. The molecule has 27 heavy (non-hydrogen) atoms. The molecule has 1 aliphatic rings. The zero-order valence-electron chi connectivity index (χ0n) is 15.7. The van der Waals surface area contributed by atoms with Crippen LogP contribution in [0, 0.1) is 0 Å². The molecule has 3 rings (SSSR count). The molecule has 1 saturated carbocycles. The molecule has 0 atom stereocenters. The van der Waals surface area contributed by atoms with E-state index >= 15 is 0 Å². The first-order chi connectivity index (χ1) is 13.0. The molecule has 0 saturated heterocycles. The average molecular weight is 388 g/mol. The second-order valence-corrected chi connectivity index (χ2v) is 7.79. The smallest absolute Gasteiger partial charge is 0.253 e. The Bertz CT molecular complexity index is 801. The summed E-state index contributed by atoms with van der Waals surface area (Å²) in [5.41, 5.74) is 1.23. The van der Waals surface area contributed by atoms with Gasteiger partial charge in [-0.1, -0.05) is 37.1 Å². The summed E-state index contributed by atoms with van der Waals surface area (Å²) in [6.45, 7) is 0. The number of nitrogens with zero attached hydrogens (tertiary/aromatic N) is 4.